The van der Waals surface area contributed by atoms with E-state index in [9.17, 15) is 9.90 Å². The zero-order chi connectivity index (χ0) is 13.8. The van der Waals surface area contributed by atoms with Crippen LogP contribution in [0.1, 0.15) is 40.5 Å². The van der Waals surface area contributed by atoms with Crippen molar-refractivity contribution in [3.05, 3.63) is 0 Å². The van der Waals surface area contributed by atoms with Crippen molar-refractivity contribution in [3.8, 4) is 0 Å². The molecule has 106 valence electrons. The van der Waals surface area contributed by atoms with Gasteiger partial charge in [0.05, 0.1) is 25.9 Å². The minimum atomic E-state index is -0.159. The molecule has 4 nitrogen and oxygen atoms in total. The first-order valence-corrected chi connectivity index (χ1v) is 6.81. The van der Waals surface area contributed by atoms with Gasteiger partial charge in [-0.3, -0.25) is 4.79 Å². The van der Waals surface area contributed by atoms with Crippen molar-refractivity contribution in [1.82, 2.24) is 4.90 Å². The van der Waals surface area contributed by atoms with Crippen LogP contribution in [0.2, 0.25) is 0 Å². The van der Waals surface area contributed by atoms with E-state index in [0.717, 1.165) is 6.42 Å². The normalized spacial score (nSPS) is 22.9. The lowest BCUT2D eigenvalue weighted by molar-refractivity contribution is -0.142. The summed E-state index contributed by atoms with van der Waals surface area (Å²) in [5, 5.41) is 9.26. The van der Waals surface area contributed by atoms with E-state index < -0.39 is 0 Å². The van der Waals surface area contributed by atoms with Crippen LogP contribution < -0.4 is 0 Å². The van der Waals surface area contributed by atoms with Gasteiger partial charge < -0.3 is 14.7 Å². The molecule has 0 saturated carbocycles. The third-order valence-corrected chi connectivity index (χ3v) is 3.24. The Bertz CT molecular complexity index is 273. The molecular weight excluding hydrogens is 230 g/mol. The van der Waals surface area contributed by atoms with Gasteiger partial charge in [0, 0.05) is 13.0 Å². The van der Waals surface area contributed by atoms with Crippen molar-refractivity contribution in [2.45, 2.75) is 46.6 Å². The Morgan fingerprint density at radius 1 is 1.50 bits per heavy atom. The minimum Gasteiger partial charge on any atom is -0.394 e. The van der Waals surface area contributed by atoms with Gasteiger partial charge in [-0.1, -0.05) is 27.7 Å². The number of hydrogen-bond donors (Lipinski definition) is 1. The Balaban J connectivity index is 2.48. The molecule has 4 heteroatoms. The third kappa shape index (κ3) is 4.94. The maximum atomic E-state index is 12.2. The van der Waals surface area contributed by atoms with E-state index >= 15 is 0 Å². The van der Waals surface area contributed by atoms with Gasteiger partial charge in [0.2, 0.25) is 5.91 Å². The molecule has 1 fully saturated rings. The van der Waals surface area contributed by atoms with E-state index in [2.05, 4.69) is 27.7 Å². The summed E-state index contributed by atoms with van der Waals surface area (Å²) in [7, 11) is 0. The molecule has 0 aromatic carbocycles. The van der Waals surface area contributed by atoms with Gasteiger partial charge in [0.25, 0.3) is 0 Å². The molecule has 1 amide bonds. The van der Waals surface area contributed by atoms with Gasteiger partial charge in [-0.2, -0.15) is 0 Å². The molecule has 1 saturated heterocycles. The maximum absolute atomic E-state index is 12.2. The van der Waals surface area contributed by atoms with Crippen LogP contribution in [0.5, 0.6) is 0 Å². The largest absolute Gasteiger partial charge is 0.394 e. The van der Waals surface area contributed by atoms with Gasteiger partial charge in [-0.15, -0.1) is 0 Å². The molecule has 1 aliphatic rings. The Kier molecular flexibility index (Phi) is 5.60. The number of carbonyl (C=O) groups excluding carboxylic acids is 1. The van der Waals surface area contributed by atoms with E-state index in [1.54, 1.807) is 4.90 Å². The van der Waals surface area contributed by atoms with Crippen LogP contribution >= 0.6 is 0 Å². The van der Waals surface area contributed by atoms with Gasteiger partial charge in [0.1, 0.15) is 0 Å². The second-order valence-electron chi connectivity index (χ2n) is 6.57. The van der Waals surface area contributed by atoms with E-state index in [1.807, 2.05) is 0 Å². The zero-order valence-electron chi connectivity index (χ0n) is 12.1. The van der Waals surface area contributed by atoms with E-state index in [4.69, 9.17) is 4.74 Å². The fourth-order valence-electron chi connectivity index (χ4n) is 2.67. The lowest BCUT2D eigenvalue weighted by Crippen LogP contribution is -2.50. The number of rotatable bonds is 4. The first-order chi connectivity index (χ1) is 8.33. The number of hydrogen-bond acceptors (Lipinski definition) is 3. The molecule has 2 atom stereocenters. The summed E-state index contributed by atoms with van der Waals surface area (Å²) in [5.74, 6) is 0.522. The monoisotopic (exact) mass is 257 g/mol. The van der Waals surface area contributed by atoms with Crippen LogP contribution in [-0.2, 0) is 9.53 Å². The van der Waals surface area contributed by atoms with E-state index in [0.29, 0.717) is 32.1 Å². The summed E-state index contributed by atoms with van der Waals surface area (Å²) in [6.07, 6.45) is 1.60. The minimum absolute atomic E-state index is 0.0145. The van der Waals surface area contributed by atoms with Crippen molar-refractivity contribution in [3.63, 3.8) is 0 Å². The lowest BCUT2D eigenvalue weighted by atomic mass is 9.84. The summed E-state index contributed by atoms with van der Waals surface area (Å²) < 4.78 is 5.29. The molecule has 0 aromatic heterocycles. The first kappa shape index (κ1) is 15.4. The Morgan fingerprint density at radius 2 is 2.17 bits per heavy atom. The number of nitrogens with zero attached hydrogens (tertiary/aromatic N) is 1. The molecule has 1 N–H and O–H groups in total. The van der Waals surface area contributed by atoms with Crippen molar-refractivity contribution < 1.29 is 14.6 Å². The van der Waals surface area contributed by atoms with Gasteiger partial charge in [-0.25, -0.2) is 0 Å². The van der Waals surface area contributed by atoms with Crippen LogP contribution in [0.4, 0.5) is 0 Å². The van der Waals surface area contributed by atoms with Crippen molar-refractivity contribution >= 4 is 5.91 Å². The van der Waals surface area contributed by atoms with Gasteiger partial charge in [0.15, 0.2) is 0 Å². The fraction of sp³-hybridized carbons (Fsp3) is 0.929. The van der Waals surface area contributed by atoms with Crippen LogP contribution in [0, 0.1) is 11.3 Å². The van der Waals surface area contributed by atoms with E-state index in [1.165, 1.54) is 0 Å². The highest BCUT2D eigenvalue weighted by atomic mass is 16.5. The van der Waals surface area contributed by atoms with Crippen molar-refractivity contribution in [2.24, 2.45) is 11.3 Å². The van der Waals surface area contributed by atoms with Crippen molar-refractivity contribution in [2.75, 3.05) is 26.4 Å². The highest BCUT2D eigenvalue weighted by Gasteiger charge is 2.28. The molecular formula is C14H27NO3. The molecule has 0 bridgehead atoms. The van der Waals surface area contributed by atoms with Crippen LogP contribution in [0.15, 0.2) is 0 Å². The second kappa shape index (κ2) is 6.53. The van der Waals surface area contributed by atoms with E-state index in [-0.39, 0.29) is 24.0 Å². The topological polar surface area (TPSA) is 49.8 Å². The number of aliphatic hydroxyl groups excluding tert-OH is 1. The quantitative estimate of drug-likeness (QED) is 0.833. The predicted molar refractivity (Wildman–Crippen MR) is 71.3 cm³/mol. The fourth-order valence-corrected chi connectivity index (χ4v) is 2.67. The average molecular weight is 257 g/mol. The van der Waals surface area contributed by atoms with Gasteiger partial charge >= 0.3 is 0 Å². The molecule has 0 aliphatic carbocycles. The third-order valence-electron chi connectivity index (χ3n) is 3.24. The predicted octanol–water partition coefficient (Wildman–Crippen LogP) is 1.67. The van der Waals surface area contributed by atoms with Crippen LogP contribution in [0.3, 0.4) is 0 Å². The van der Waals surface area contributed by atoms with Crippen LogP contribution in [0.25, 0.3) is 0 Å². The zero-order valence-corrected chi connectivity index (χ0v) is 12.1. The molecule has 1 rings (SSSR count). The second-order valence-corrected chi connectivity index (χ2v) is 6.57. The van der Waals surface area contributed by atoms with Crippen LogP contribution in [-0.4, -0.2) is 48.3 Å². The molecule has 0 radical (unpaired) electrons. The summed E-state index contributed by atoms with van der Waals surface area (Å²) in [5.41, 5.74) is 0.251. The van der Waals surface area contributed by atoms with Crippen molar-refractivity contribution in [1.29, 1.82) is 0 Å². The Morgan fingerprint density at radius 3 is 2.72 bits per heavy atom. The lowest BCUT2D eigenvalue weighted by Gasteiger charge is -2.35. The summed E-state index contributed by atoms with van der Waals surface area (Å²) in [6.45, 7) is 10.3. The summed E-state index contributed by atoms with van der Waals surface area (Å²) in [6, 6.07) is -0.159. The number of aliphatic hydroxyl groups is 1. The SMILES string of the molecule is CC(CC(=O)N1CCOCC1CO)CC(C)(C)C. The number of morpholine rings is 1. The highest BCUT2D eigenvalue weighted by molar-refractivity contribution is 5.76. The maximum Gasteiger partial charge on any atom is 0.223 e. The van der Waals surface area contributed by atoms with Gasteiger partial charge in [-0.05, 0) is 17.8 Å². The summed E-state index contributed by atoms with van der Waals surface area (Å²) >= 11 is 0. The molecule has 1 aliphatic heterocycles. The number of ether oxygens (including phenoxy) is 1. The molecule has 2 unspecified atom stereocenters. The molecule has 1 heterocycles. The molecule has 0 aromatic rings. The summed E-state index contributed by atoms with van der Waals surface area (Å²) in [4.78, 5) is 14.0. The Labute approximate surface area is 110 Å². The average Bonchev–Trinajstić information content (AvgIpc) is 2.26. The molecule has 0 spiro atoms. The number of carbonyl (C=O) groups is 1. The molecule has 18 heavy (non-hydrogen) atoms. The smallest absolute Gasteiger partial charge is 0.223 e. The first-order valence-electron chi connectivity index (χ1n) is 6.81. The Hall–Kier alpha value is -0.610. The highest BCUT2D eigenvalue weighted by Crippen LogP contribution is 2.26. The standard InChI is InChI=1S/C14H27NO3/c1-11(8-14(2,3)4)7-13(17)15-5-6-18-10-12(15)9-16/h11-12,16H,5-10H2,1-4H3. The number of amides is 1.